The minimum atomic E-state index is -1.34. The van der Waals surface area contributed by atoms with Crippen LogP contribution in [0.15, 0.2) is 41.4 Å². The SMILES string of the molecule is CC[C@@H](Cn1cc(C#N)c2cc(F)ccc21)NS(=O)c1c(C)cc(C)cc1C.O. The molecule has 0 spiro atoms. The van der Waals surface area contributed by atoms with Crippen LogP contribution in [0, 0.1) is 37.9 Å². The van der Waals surface area contributed by atoms with Gasteiger partial charge in [-0.3, -0.25) is 0 Å². The van der Waals surface area contributed by atoms with E-state index in [1.807, 2.05) is 44.4 Å². The van der Waals surface area contributed by atoms with Crippen LogP contribution in [0.25, 0.3) is 10.9 Å². The topological polar surface area (TPSA) is 89.3 Å². The third-order valence-corrected chi connectivity index (χ3v) is 6.50. The quantitative estimate of drug-likeness (QED) is 0.663. The van der Waals surface area contributed by atoms with Crippen molar-refractivity contribution in [2.75, 3.05) is 0 Å². The molecule has 0 radical (unpaired) electrons. The standard InChI is InChI=1S/C22H24FN3OS.H2O/c1-5-19(25-28(27)22-15(3)8-14(2)9-16(22)4)13-26-12-17(11-24)20-10-18(23)6-7-21(20)26;/h6-10,12,19,25H,5,13H2,1-4H3;1H2/t19-,28?;/m0./s1. The molecular formula is C22H26FN3O2S. The Bertz CT molecular complexity index is 1080. The first-order valence-electron chi connectivity index (χ1n) is 9.28. The molecule has 0 bridgehead atoms. The number of aryl methyl sites for hydroxylation is 3. The number of hydrogen-bond donors (Lipinski definition) is 1. The molecule has 0 aliphatic heterocycles. The summed E-state index contributed by atoms with van der Waals surface area (Å²) in [5.41, 5.74) is 4.40. The number of halogens is 1. The van der Waals surface area contributed by atoms with Crippen molar-refractivity contribution in [3.63, 3.8) is 0 Å². The van der Waals surface area contributed by atoms with Crippen molar-refractivity contribution in [1.82, 2.24) is 9.29 Å². The van der Waals surface area contributed by atoms with Crippen LogP contribution in [-0.2, 0) is 17.5 Å². The second kappa shape index (κ2) is 9.31. The number of nitrogens with one attached hydrogen (secondary N) is 1. The van der Waals surface area contributed by atoms with E-state index in [2.05, 4.69) is 10.8 Å². The van der Waals surface area contributed by atoms with Gasteiger partial charge >= 0.3 is 0 Å². The van der Waals surface area contributed by atoms with E-state index in [0.717, 1.165) is 33.5 Å². The second-order valence-electron chi connectivity index (χ2n) is 7.19. The number of hydrogen-bond acceptors (Lipinski definition) is 2. The van der Waals surface area contributed by atoms with Gasteiger partial charge in [-0.15, -0.1) is 0 Å². The van der Waals surface area contributed by atoms with E-state index in [-0.39, 0.29) is 17.3 Å². The lowest BCUT2D eigenvalue weighted by atomic mass is 10.1. The van der Waals surface area contributed by atoms with Gasteiger partial charge in [0, 0.05) is 29.7 Å². The number of nitriles is 1. The molecule has 1 unspecified atom stereocenters. The predicted molar refractivity (Wildman–Crippen MR) is 115 cm³/mol. The van der Waals surface area contributed by atoms with Gasteiger partial charge < -0.3 is 10.0 Å². The van der Waals surface area contributed by atoms with E-state index >= 15 is 0 Å². The van der Waals surface area contributed by atoms with Crippen LogP contribution in [0.4, 0.5) is 4.39 Å². The van der Waals surface area contributed by atoms with E-state index in [4.69, 9.17) is 0 Å². The zero-order valence-electron chi connectivity index (χ0n) is 17.0. The molecule has 154 valence electrons. The molecule has 2 aromatic carbocycles. The van der Waals surface area contributed by atoms with Crippen molar-refractivity contribution in [3.05, 3.63) is 64.6 Å². The number of rotatable bonds is 6. The largest absolute Gasteiger partial charge is 0.412 e. The van der Waals surface area contributed by atoms with Crippen molar-refractivity contribution >= 4 is 21.9 Å². The van der Waals surface area contributed by atoms with Crippen molar-refractivity contribution in [2.45, 2.75) is 51.6 Å². The highest BCUT2D eigenvalue weighted by Crippen LogP contribution is 2.24. The monoisotopic (exact) mass is 415 g/mol. The molecule has 3 rings (SSSR count). The van der Waals surface area contributed by atoms with Gasteiger partial charge in [0.05, 0.1) is 10.5 Å². The minimum Gasteiger partial charge on any atom is -0.412 e. The Labute approximate surface area is 173 Å². The predicted octanol–water partition coefficient (Wildman–Crippen LogP) is 3.84. The third-order valence-electron chi connectivity index (χ3n) is 4.94. The Morgan fingerprint density at radius 2 is 1.86 bits per heavy atom. The van der Waals surface area contributed by atoms with Gasteiger partial charge in [0.1, 0.15) is 22.9 Å². The highest BCUT2D eigenvalue weighted by Gasteiger charge is 2.18. The Morgan fingerprint density at radius 1 is 1.21 bits per heavy atom. The zero-order chi connectivity index (χ0) is 20.4. The molecule has 3 aromatic rings. The second-order valence-corrected chi connectivity index (χ2v) is 8.37. The van der Waals surface area contributed by atoms with E-state index < -0.39 is 11.0 Å². The Balaban J connectivity index is 0.00000300. The van der Waals surface area contributed by atoms with Crippen molar-refractivity contribution in [2.24, 2.45) is 0 Å². The summed E-state index contributed by atoms with van der Waals surface area (Å²) in [4.78, 5) is 0.821. The minimum absolute atomic E-state index is 0. The Morgan fingerprint density at radius 3 is 2.45 bits per heavy atom. The summed E-state index contributed by atoms with van der Waals surface area (Å²) in [6.07, 6.45) is 2.50. The van der Waals surface area contributed by atoms with Gasteiger partial charge in [-0.2, -0.15) is 5.26 Å². The molecule has 1 aromatic heterocycles. The number of nitrogens with zero attached hydrogens (tertiary/aromatic N) is 2. The lowest BCUT2D eigenvalue weighted by Crippen LogP contribution is -2.34. The smallest absolute Gasteiger partial charge is 0.125 e. The fourth-order valence-electron chi connectivity index (χ4n) is 3.67. The van der Waals surface area contributed by atoms with Gasteiger partial charge in [0.15, 0.2) is 0 Å². The van der Waals surface area contributed by atoms with Crippen LogP contribution >= 0.6 is 0 Å². The Hall–Kier alpha value is -2.53. The van der Waals surface area contributed by atoms with E-state index in [9.17, 15) is 13.9 Å². The highest BCUT2D eigenvalue weighted by atomic mass is 32.2. The van der Waals surface area contributed by atoms with Crippen LogP contribution in [0.3, 0.4) is 0 Å². The van der Waals surface area contributed by atoms with Gasteiger partial charge in [-0.05, 0) is 56.5 Å². The number of benzene rings is 2. The average molecular weight is 416 g/mol. The first-order chi connectivity index (χ1) is 13.3. The first kappa shape index (κ1) is 22.8. The van der Waals surface area contributed by atoms with Gasteiger partial charge in [-0.1, -0.05) is 24.6 Å². The molecule has 0 aliphatic rings. The molecule has 5 nitrogen and oxygen atoms in total. The summed E-state index contributed by atoms with van der Waals surface area (Å²) < 4.78 is 31.8. The maximum Gasteiger partial charge on any atom is 0.125 e. The van der Waals surface area contributed by atoms with E-state index in [0.29, 0.717) is 17.5 Å². The highest BCUT2D eigenvalue weighted by molar-refractivity contribution is 7.83. The molecular weight excluding hydrogens is 389 g/mol. The van der Waals surface area contributed by atoms with Crippen LogP contribution in [-0.4, -0.2) is 20.3 Å². The molecule has 3 N–H and O–H groups in total. The molecule has 0 aliphatic carbocycles. The van der Waals surface area contributed by atoms with Crippen molar-refractivity contribution in [1.29, 1.82) is 5.26 Å². The summed E-state index contributed by atoms with van der Waals surface area (Å²) in [6, 6.07) is 10.6. The molecule has 7 heteroatoms. The Kier molecular flexibility index (Phi) is 7.31. The lowest BCUT2D eigenvalue weighted by Gasteiger charge is -2.19. The van der Waals surface area contributed by atoms with Crippen molar-refractivity contribution < 1.29 is 14.1 Å². The van der Waals surface area contributed by atoms with E-state index in [1.54, 1.807) is 12.3 Å². The van der Waals surface area contributed by atoms with Crippen LogP contribution < -0.4 is 4.72 Å². The molecule has 1 heterocycles. The summed E-state index contributed by atoms with van der Waals surface area (Å²) in [5.74, 6) is -0.363. The first-order valence-corrected chi connectivity index (χ1v) is 10.4. The average Bonchev–Trinajstić information content (AvgIpc) is 2.96. The zero-order valence-corrected chi connectivity index (χ0v) is 17.9. The molecule has 29 heavy (non-hydrogen) atoms. The molecule has 0 saturated carbocycles. The van der Waals surface area contributed by atoms with Gasteiger partial charge in [0.25, 0.3) is 0 Å². The number of aromatic nitrogens is 1. The molecule has 0 saturated heterocycles. The van der Waals surface area contributed by atoms with Crippen molar-refractivity contribution in [3.8, 4) is 6.07 Å². The molecule has 0 amide bonds. The summed E-state index contributed by atoms with van der Waals surface area (Å²) >= 11 is 0. The van der Waals surface area contributed by atoms with Crippen LogP contribution in [0.5, 0.6) is 0 Å². The third kappa shape index (κ3) is 4.73. The summed E-state index contributed by atoms with van der Waals surface area (Å²) in [7, 11) is -1.34. The maximum atomic E-state index is 13.6. The van der Waals surface area contributed by atoms with Crippen LogP contribution in [0.2, 0.25) is 0 Å². The normalized spacial score (nSPS) is 13.0. The molecule has 2 atom stereocenters. The fourth-order valence-corrected chi connectivity index (χ4v) is 5.03. The maximum absolute atomic E-state index is 13.6. The number of fused-ring (bicyclic) bond motifs is 1. The van der Waals surface area contributed by atoms with Gasteiger partial charge in [0.2, 0.25) is 0 Å². The molecule has 0 fully saturated rings. The van der Waals surface area contributed by atoms with Gasteiger partial charge in [-0.25, -0.2) is 13.3 Å². The van der Waals surface area contributed by atoms with E-state index in [1.165, 1.54) is 12.1 Å². The summed E-state index contributed by atoms with van der Waals surface area (Å²) in [5, 5.41) is 9.96. The fraction of sp³-hybridized carbons (Fsp3) is 0.318. The summed E-state index contributed by atoms with van der Waals surface area (Å²) in [6.45, 7) is 8.55. The lowest BCUT2D eigenvalue weighted by molar-refractivity contribution is 0.511. The van der Waals surface area contributed by atoms with Crippen LogP contribution in [0.1, 0.15) is 35.6 Å².